The summed E-state index contributed by atoms with van der Waals surface area (Å²) in [6, 6.07) is -3.94. The van der Waals surface area contributed by atoms with Gasteiger partial charge in [0.25, 0.3) is 0 Å². The quantitative estimate of drug-likeness (QED) is 0.0664. The lowest BCUT2D eigenvalue weighted by Crippen LogP contribution is -2.58. The Morgan fingerprint density at radius 1 is 1.09 bits per heavy atom. The zero-order valence-electron chi connectivity index (χ0n) is 18.7. The second-order valence-electron chi connectivity index (χ2n) is 7.58. The van der Waals surface area contributed by atoms with Crippen molar-refractivity contribution in [2.45, 2.75) is 56.3 Å². The second kappa shape index (κ2) is 15.3. The van der Waals surface area contributed by atoms with Crippen molar-refractivity contribution in [1.82, 2.24) is 21.3 Å². The molecule has 1 rings (SSSR count). The van der Waals surface area contributed by atoms with Crippen LogP contribution in [0.25, 0.3) is 0 Å². The van der Waals surface area contributed by atoms with E-state index in [4.69, 9.17) is 11.5 Å². The Labute approximate surface area is 196 Å². The number of carbonyl (C=O) groups excluding carboxylic acids is 3. The molecule has 1 aliphatic heterocycles. The van der Waals surface area contributed by atoms with Crippen molar-refractivity contribution in [1.29, 1.82) is 0 Å². The number of carboxylic acid groups (broad SMARTS) is 1. The first kappa shape index (κ1) is 28.5. The zero-order valence-corrected chi connectivity index (χ0v) is 19.5. The van der Waals surface area contributed by atoms with Crippen LogP contribution in [0.15, 0.2) is 4.99 Å². The fourth-order valence-corrected chi connectivity index (χ4v) is 3.66. The number of carboxylic acids is 1. The van der Waals surface area contributed by atoms with Crippen molar-refractivity contribution >= 4 is 41.4 Å². The molecule has 1 aliphatic rings. The van der Waals surface area contributed by atoms with Gasteiger partial charge in [-0.3, -0.25) is 19.4 Å². The molecule has 4 unspecified atom stereocenters. The number of hydrogen-bond donors (Lipinski definition) is 8. The first-order chi connectivity index (χ1) is 15.7. The maximum Gasteiger partial charge on any atom is 0.326 e. The number of aliphatic hydroxyl groups is 1. The molecule has 13 nitrogen and oxygen atoms in total. The summed E-state index contributed by atoms with van der Waals surface area (Å²) in [4.78, 5) is 53.0. The lowest BCUT2D eigenvalue weighted by atomic mass is 10.1. The number of nitrogens with zero attached hydrogens (tertiary/aromatic N) is 1. The van der Waals surface area contributed by atoms with Gasteiger partial charge in [0.1, 0.15) is 18.1 Å². The fourth-order valence-electron chi connectivity index (χ4n) is 3.18. The monoisotopic (exact) mass is 489 g/mol. The van der Waals surface area contributed by atoms with Gasteiger partial charge in [-0.1, -0.05) is 0 Å². The average Bonchev–Trinajstić information content (AvgIpc) is 3.31. The lowest BCUT2D eigenvalue weighted by molar-refractivity contribution is -0.142. The third-order valence-electron chi connectivity index (χ3n) is 5.00. The summed E-state index contributed by atoms with van der Waals surface area (Å²) in [5, 5.41) is 29.3. The predicted octanol–water partition coefficient (Wildman–Crippen LogP) is -2.92. The smallest absolute Gasteiger partial charge is 0.326 e. The number of amides is 3. The molecule has 1 heterocycles. The van der Waals surface area contributed by atoms with Gasteiger partial charge in [-0.25, -0.2) is 4.79 Å². The third kappa shape index (κ3) is 10.7. The Kier molecular flexibility index (Phi) is 13.2. The molecule has 0 saturated carbocycles. The predicted molar refractivity (Wildman–Crippen MR) is 124 cm³/mol. The molecule has 10 N–H and O–H groups in total. The maximum absolute atomic E-state index is 12.8. The number of nitrogens with two attached hydrogens (primary N) is 2. The van der Waals surface area contributed by atoms with Gasteiger partial charge in [0, 0.05) is 6.54 Å². The molecule has 0 aliphatic carbocycles. The molecule has 0 aromatic heterocycles. The van der Waals surface area contributed by atoms with Gasteiger partial charge in [-0.05, 0) is 50.7 Å². The summed E-state index contributed by atoms with van der Waals surface area (Å²) >= 11 is 1.43. The highest BCUT2D eigenvalue weighted by Crippen LogP contribution is 2.07. The topological polar surface area (TPSA) is 221 Å². The van der Waals surface area contributed by atoms with E-state index in [1.54, 1.807) is 6.26 Å². The number of hydrogen-bond acceptors (Lipinski definition) is 8. The second-order valence-corrected chi connectivity index (χ2v) is 8.57. The van der Waals surface area contributed by atoms with E-state index in [2.05, 4.69) is 26.3 Å². The van der Waals surface area contributed by atoms with Gasteiger partial charge < -0.3 is 42.9 Å². The minimum absolute atomic E-state index is 0.0957. The largest absolute Gasteiger partial charge is 0.480 e. The van der Waals surface area contributed by atoms with Crippen LogP contribution in [0.1, 0.15) is 32.1 Å². The summed E-state index contributed by atoms with van der Waals surface area (Å²) < 4.78 is 0. The highest BCUT2D eigenvalue weighted by molar-refractivity contribution is 7.98. The lowest BCUT2D eigenvalue weighted by Gasteiger charge is -2.24. The number of thioether (sulfide) groups is 1. The van der Waals surface area contributed by atoms with Crippen LogP contribution in [0.2, 0.25) is 0 Å². The number of carbonyl (C=O) groups is 4. The average molecular weight is 490 g/mol. The molecule has 0 bridgehead atoms. The standard InChI is InChI=1S/C19H35N7O6S/c1-33-9-6-13(18(31)32)25-17(30)14(10-27)26-16(29)12(5-3-8-23-19(20)21)24-15(28)11-4-2-7-22-11/h11-14,22,27H,2-10H2,1H3,(H,24,28)(H,25,30)(H,26,29)(H,31,32)(H4,20,21,23). The van der Waals surface area contributed by atoms with Gasteiger partial charge in [0.15, 0.2) is 5.96 Å². The van der Waals surface area contributed by atoms with Crippen molar-refractivity contribution in [2.24, 2.45) is 16.5 Å². The summed E-state index contributed by atoms with van der Waals surface area (Å²) in [6.45, 7) is 0.197. The van der Waals surface area contributed by atoms with Crippen LogP contribution in [0.3, 0.4) is 0 Å². The summed E-state index contributed by atoms with van der Waals surface area (Å²) in [5.41, 5.74) is 10.6. The highest BCUT2D eigenvalue weighted by atomic mass is 32.2. The van der Waals surface area contributed by atoms with Crippen LogP contribution in [0.4, 0.5) is 0 Å². The van der Waals surface area contributed by atoms with Gasteiger partial charge in [-0.2, -0.15) is 11.8 Å². The number of guanidine groups is 1. The molecule has 1 fully saturated rings. The number of aliphatic hydroxyl groups excluding tert-OH is 1. The van der Waals surface area contributed by atoms with E-state index in [9.17, 15) is 29.4 Å². The molecule has 1 saturated heterocycles. The Morgan fingerprint density at radius 3 is 2.30 bits per heavy atom. The van der Waals surface area contributed by atoms with Crippen LogP contribution in [0, 0.1) is 0 Å². The highest BCUT2D eigenvalue weighted by Gasteiger charge is 2.31. The molecule has 3 amide bonds. The summed E-state index contributed by atoms with van der Waals surface area (Å²) in [5.74, 6) is -2.66. The van der Waals surface area contributed by atoms with Crippen molar-refractivity contribution in [3.05, 3.63) is 0 Å². The Bertz CT molecular complexity index is 698. The molecule has 33 heavy (non-hydrogen) atoms. The van der Waals surface area contributed by atoms with Gasteiger partial charge >= 0.3 is 5.97 Å². The number of aliphatic carboxylic acids is 1. The van der Waals surface area contributed by atoms with Gasteiger partial charge in [0.05, 0.1) is 12.6 Å². The summed E-state index contributed by atoms with van der Waals surface area (Å²) in [7, 11) is 0. The van der Waals surface area contributed by atoms with Crippen molar-refractivity contribution in [3.63, 3.8) is 0 Å². The molecule has 0 aromatic carbocycles. The molecule has 188 valence electrons. The SMILES string of the molecule is CSCCC(NC(=O)C(CO)NC(=O)C(CCCN=C(N)N)NC(=O)C1CCCN1)C(=O)O. The fraction of sp³-hybridized carbons (Fsp3) is 0.737. The van der Waals surface area contributed by atoms with Crippen LogP contribution in [0.5, 0.6) is 0 Å². The number of aliphatic imine (C=N–C) groups is 1. The molecule has 14 heteroatoms. The molecular formula is C19H35N7O6S. The molecule has 4 atom stereocenters. The Hall–Kier alpha value is -2.58. The van der Waals surface area contributed by atoms with Crippen molar-refractivity contribution < 1.29 is 29.4 Å². The minimum Gasteiger partial charge on any atom is -0.480 e. The third-order valence-corrected chi connectivity index (χ3v) is 5.64. The first-order valence-corrected chi connectivity index (χ1v) is 12.1. The molecule has 0 radical (unpaired) electrons. The normalized spacial score (nSPS) is 17.9. The Morgan fingerprint density at radius 2 is 1.76 bits per heavy atom. The van der Waals surface area contributed by atoms with E-state index in [1.807, 2.05) is 0 Å². The summed E-state index contributed by atoms with van der Waals surface area (Å²) in [6.07, 6.45) is 4.04. The van der Waals surface area contributed by atoms with Crippen LogP contribution in [-0.2, 0) is 19.2 Å². The molecule has 0 aromatic rings. The van der Waals surface area contributed by atoms with Gasteiger partial charge in [-0.15, -0.1) is 0 Å². The number of rotatable bonds is 15. The van der Waals surface area contributed by atoms with Crippen LogP contribution >= 0.6 is 11.8 Å². The van der Waals surface area contributed by atoms with E-state index < -0.39 is 48.6 Å². The van der Waals surface area contributed by atoms with E-state index in [0.717, 1.165) is 6.42 Å². The minimum atomic E-state index is -1.38. The van der Waals surface area contributed by atoms with E-state index in [-0.39, 0.29) is 31.3 Å². The molecule has 0 spiro atoms. The maximum atomic E-state index is 12.8. The van der Waals surface area contributed by atoms with E-state index >= 15 is 0 Å². The van der Waals surface area contributed by atoms with Crippen molar-refractivity contribution in [2.75, 3.05) is 31.7 Å². The van der Waals surface area contributed by atoms with E-state index in [0.29, 0.717) is 25.1 Å². The van der Waals surface area contributed by atoms with Crippen molar-refractivity contribution in [3.8, 4) is 0 Å². The number of nitrogens with one attached hydrogen (secondary N) is 4. The zero-order chi connectivity index (χ0) is 24.8. The van der Waals surface area contributed by atoms with Crippen LogP contribution < -0.4 is 32.7 Å². The van der Waals surface area contributed by atoms with Gasteiger partial charge in [0.2, 0.25) is 17.7 Å². The molecular weight excluding hydrogens is 454 g/mol. The van der Waals surface area contributed by atoms with E-state index in [1.165, 1.54) is 11.8 Å². The van der Waals surface area contributed by atoms with Crippen LogP contribution in [-0.4, -0.2) is 95.7 Å². The first-order valence-electron chi connectivity index (χ1n) is 10.7. The Balaban J connectivity index is 2.80.